The number of amides is 1. The van der Waals surface area contributed by atoms with Gasteiger partial charge in [-0.15, -0.1) is 0 Å². The summed E-state index contributed by atoms with van der Waals surface area (Å²) in [4.78, 5) is 24.9. The minimum absolute atomic E-state index is 0.0128. The number of esters is 1. The van der Waals surface area contributed by atoms with Crippen LogP contribution in [0.15, 0.2) is 47.4 Å². The quantitative estimate of drug-likeness (QED) is 0.525. The summed E-state index contributed by atoms with van der Waals surface area (Å²) in [6, 6.07) is 10.3. The summed E-state index contributed by atoms with van der Waals surface area (Å²) in [7, 11) is -2.51. The topological polar surface area (TPSA) is 111 Å². The number of hydrogen-bond donors (Lipinski definition) is 2. The van der Waals surface area contributed by atoms with Crippen molar-refractivity contribution in [1.29, 1.82) is 0 Å². The summed E-state index contributed by atoms with van der Waals surface area (Å²) in [5.74, 6) is -1.22. The van der Waals surface area contributed by atoms with E-state index in [1.165, 1.54) is 31.4 Å². The second kappa shape index (κ2) is 11.1. The first-order valence-corrected chi connectivity index (χ1v) is 11.8. The number of aryl methyl sites for hydroxylation is 2. The number of para-hydroxylation sites is 1. The molecule has 174 valence electrons. The number of carbonyl (C=O) groups excluding carboxylic acids is 2. The second-order valence-electron chi connectivity index (χ2n) is 7.64. The maximum Gasteiger partial charge on any atom is 0.324 e. The molecule has 0 fully saturated rings. The van der Waals surface area contributed by atoms with Crippen LogP contribution in [0.3, 0.4) is 0 Å². The van der Waals surface area contributed by atoms with E-state index in [0.717, 1.165) is 17.5 Å². The van der Waals surface area contributed by atoms with Crippen LogP contribution in [0.5, 0.6) is 5.75 Å². The van der Waals surface area contributed by atoms with Crippen molar-refractivity contribution < 1.29 is 27.5 Å². The molecule has 2 N–H and O–H groups in total. The molecule has 0 aliphatic carbocycles. The van der Waals surface area contributed by atoms with Gasteiger partial charge in [0.25, 0.3) is 5.91 Å². The van der Waals surface area contributed by atoms with Crippen LogP contribution in [0.1, 0.15) is 31.9 Å². The highest BCUT2D eigenvalue weighted by atomic mass is 32.2. The average Bonchev–Trinajstić information content (AvgIpc) is 2.77. The van der Waals surface area contributed by atoms with E-state index >= 15 is 0 Å². The van der Waals surface area contributed by atoms with E-state index in [2.05, 4.69) is 10.0 Å². The maximum absolute atomic E-state index is 12.7. The molecule has 32 heavy (non-hydrogen) atoms. The van der Waals surface area contributed by atoms with E-state index in [9.17, 15) is 18.0 Å². The van der Waals surface area contributed by atoms with Crippen LogP contribution < -0.4 is 14.8 Å². The van der Waals surface area contributed by atoms with Crippen LogP contribution in [0.2, 0.25) is 0 Å². The van der Waals surface area contributed by atoms with E-state index in [-0.39, 0.29) is 4.90 Å². The Hall–Kier alpha value is -2.91. The van der Waals surface area contributed by atoms with Crippen molar-refractivity contribution in [2.24, 2.45) is 5.92 Å². The molecule has 0 heterocycles. The summed E-state index contributed by atoms with van der Waals surface area (Å²) in [6.07, 6.45) is 0.736. The van der Waals surface area contributed by atoms with Crippen LogP contribution in [0.25, 0.3) is 0 Å². The van der Waals surface area contributed by atoms with Gasteiger partial charge in [-0.05, 0) is 54.7 Å². The lowest BCUT2D eigenvalue weighted by Crippen LogP contribution is -2.45. The first-order valence-electron chi connectivity index (χ1n) is 10.3. The van der Waals surface area contributed by atoms with Gasteiger partial charge in [-0.25, -0.2) is 8.42 Å². The van der Waals surface area contributed by atoms with Crippen molar-refractivity contribution in [1.82, 2.24) is 4.72 Å². The molecule has 8 nitrogen and oxygen atoms in total. The van der Waals surface area contributed by atoms with Crippen molar-refractivity contribution in [3.05, 3.63) is 53.6 Å². The third-order valence-electron chi connectivity index (χ3n) is 4.92. The fourth-order valence-electron chi connectivity index (χ4n) is 3.05. The van der Waals surface area contributed by atoms with Gasteiger partial charge in [-0.1, -0.05) is 39.0 Å². The number of carbonyl (C=O) groups is 2. The molecule has 1 atom stereocenters. The number of ether oxygens (including phenoxy) is 2. The van der Waals surface area contributed by atoms with Crippen LogP contribution in [-0.4, -0.2) is 40.1 Å². The molecule has 0 saturated carbocycles. The first-order chi connectivity index (χ1) is 15.1. The summed E-state index contributed by atoms with van der Waals surface area (Å²) in [5.41, 5.74) is 2.56. The molecule has 0 aliphatic rings. The SMILES string of the molecule is CCc1cccc(C)c1NC(=O)COC(=O)C(NS(=O)(=O)c1ccc(OC)cc1)C(C)C. The predicted molar refractivity (Wildman–Crippen MR) is 122 cm³/mol. The van der Waals surface area contributed by atoms with Crippen molar-refractivity contribution in [3.8, 4) is 5.75 Å². The van der Waals surface area contributed by atoms with Gasteiger partial charge in [-0.3, -0.25) is 9.59 Å². The minimum atomic E-state index is -3.98. The van der Waals surface area contributed by atoms with Gasteiger partial charge in [-0.2, -0.15) is 4.72 Å². The number of anilines is 1. The maximum atomic E-state index is 12.7. The zero-order valence-corrected chi connectivity index (χ0v) is 19.8. The van der Waals surface area contributed by atoms with E-state index in [1.54, 1.807) is 13.8 Å². The summed E-state index contributed by atoms with van der Waals surface area (Å²) < 4.78 is 37.9. The Labute approximate surface area is 189 Å². The molecule has 0 radical (unpaired) electrons. The molecular formula is C23H30N2O6S. The highest BCUT2D eigenvalue weighted by Gasteiger charge is 2.30. The minimum Gasteiger partial charge on any atom is -0.497 e. The van der Waals surface area contributed by atoms with Crippen LogP contribution in [0.4, 0.5) is 5.69 Å². The Morgan fingerprint density at radius 3 is 2.28 bits per heavy atom. The van der Waals surface area contributed by atoms with Gasteiger partial charge >= 0.3 is 5.97 Å². The summed E-state index contributed by atoms with van der Waals surface area (Å²) in [5, 5.41) is 2.77. The van der Waals surface area contributed by atoms with Gasteiger partial charge < -0.3 is 14.8 Å². The molecule has 1 amide bonds. The zero-order valence-electron chi connectivity index (χ0n) is 19.0. The van der Waals surface area contributed by atoms with Gasteiger partial charge in [0.1, 0.15) is 11.8 Å². The normalized spacial score (nSPS) is 12.3. The molecule has 2 aromatic carbocycles. The smallest absolute Gasteiger partial charge is 0.324 e. The van der Waals surface area contributed by atoms with Gasteiger partial charge in [0.05, 0.1) is 12.0 Å². The predicted octanol–water partition coefficient (Wildman–Crippen LogP) is 3.05. The first kappa shape index (κ1) is 25.4. The van der Waals surface area contributed by atoms with E-state index in [1.807, 2.05) is 32.0 Å². The third-order valence-corrected chi connectivity index (χ3v) is 6.38. The monoisotopic (exact) mass is 462 g/mol. The lowest BCUT2D eigenvalue weighted by molar-refractivity contribution is -0.150. The number of rotatable bonds is 10. The number of methoxy groups -OCH3 is 1. The average molecular weight is 463 g/mol. The largest absolute Gasteiger partial charge is 0.497 e. The molecule has 0 aliphatic heterocycles. The molecule has 2 aromatic rings. The highest BCUT2D eigenvalue weighted by molar-refractivity contribution is 7.89. The zero-order chi connectivity index (χ0) is 23.9. The van der Waals surface area contributed by atoms with Crippen LogP contribution in [-0.2, 0) is 30.8 Å². The molecule has 2 rings (SSSR count). The molecule has 0 bridgehead atoms. The van der Waals surface area contributed by atoms with Crippen molar-refractivity contribution in [3.63, 3.8) is 0 Å². The van der Waals surface area contributed by atoms with Gasteiger partial charge in [0.2, 0.25) is 10.0 Å². The lowest BCUT2D eigenvalue weighted by atomic mass is 10.1. The molecule has 0 saturated heterocycles. The summed E-state index contributed by atoms with van der Waals surface area (Å²) in [6.45, 7) is 6.70. The Balaban J connectivity index is 2.05. The highest BCUT2D eigenvalue weighted by Crippen LogP contribution is 2.21. The van der Waals surface area contributed by atoms with Gasteiger partial charge in [0.15, 0.2) is 6.61 Å². The molecular weight excluding hydrogens is 432 g/mol. The number of nitrogens with one attached hydrogen (secondary N) is 2. The fourth-order valence-corrected chi connectivity index (χ4v) is 4.38. The van der Waals surface area contributed by atoms with E-state index in [0.29, 0.717) is 11.4 Å². The molecule has 1 unspecified atom stereocenters. The van der Waals surface area contributed by atoms with E-state index in [4.69, 9.17) is 9.47 Å². The Kier molecular flexibility index (Phi) is 8.80. The number of benzene rings is 2. The number of hydrogen-bond acceptors (Lipinski definition) is 6. The molecule has 9 heteroatoms. The fraction of sp³-hybridized carbons (Fsp3) is 0.391. The van der Waals surface area contributed by atoms with Crippen LogP contribution in [0, 0.1) is 12.8 Å². The Bertz CT molecular complexity index is 1050. The third kappa shape index (κ3) is 6.54. The lowest BCUT2D eigenvalue weighted by Gasteiger charge is -2.21. The Morgan fingerprint density at radius 2 is 1.72 bits per heavy atom. The Morgan fingerprint density at radius 1 is 1.06 bits per heavy atom. The molecule has 0 spiro atoms. The second-order valence-corrected chi connectivity index (χ2v) is 9.35. The van der Waals surface area contributed by atoms with Crippen molar-refractivity contribution in [2.75, 3.05) is 19.0 Å². The van der Waals surface area contributed by atoms with Crippen molar-refractivity contribution >= 4 is 27.6 Å². The van der Waals surface area contributed by atoms with Crippen LogP contribution >= 0.6 is 0 Å². The standard InChI is InChI=1S/C23H30N2O6S/c1-6-17-9-7-8-16(4)22(17)24-20(26)14-31-23(27)21(15(2)3)25-32(28,29)19-12-10-18(30-5)11-13-19/h7-13,15,21,25H,6,14H2,1-5H3,(H,24,26). The summed E-state index contributed by atoms with van der Waals surface area (Å²) >= 11 is 0. The van der Waals surface area contributed by atoms with Crippen molar-refractivity contribution in [2.45, 2.75) is 45.1 Å². The molecule has 0 aromatic heterocycles. The number of sulfonamides is 1. The van der Waals surface area contributed by atoms with Gasteiger partial charge in [0, 0.05) is 5.69 Å². The van der Waals surface area contributed by atoms with E-state index < -0.39 is 40.5 Å².